The van der Waals surface area contributed by atoms with Gasteiger partial charge in [-0.3, -0.25) is 9.59 Å². The molecule has 2 rings (SSSR count). The quantitative estimate of drug-likeness (QED) is 0.829. The average molecular weight is 244 g/mol. The molecule has 0 radical (unpaired) electrons. The molecule has 0 spiro atoms. The monoisotopic (exact) mass is 244 g/mol. The lowest BCUT2D eigenvalue weighted by Gasteiger charge is -2.16. The molecule has 4 heteroatoms. The first-order valence-corrected chi connectivity index (χ1v) is 6.05. The summed E-state index contributed by atoms with van der Waals surface area (Å²) in [6, 6.07) is 7.36. The highest BCUT2D eigenvalue weighted by Crippen LogP contribution is 2.24. The zero-order valence-electron chi connectivity index (χ0n) is 10.3. The molecule has 4 nitrogen and oxygen atoms in total. The van der Waals surface area contributed by atoms with Crippen molar-refractivity contribution in [2.45, 2.75) is 19.8 Å². The van der Waals surface area contributed by atoms with Gasteiger partial charge in [0.2, 0.25) is 11.8 Å². The molecule has 94 valence electrons. The molecule has 0 atom stereocenters. The Morgan fingerprint density at radius 2 is 2.28 bits per heavy atom. The second-order valence-corrected chi connectivity index (χ2v) is 4.19. The maximum absolute atomic E-state index is 11.6. The van der Waals surface area contributed by atoms with E-state index >= 15 is 0 Å². The predicted molar refractivity (Wildman–Crippen MR) is 71.5 cm³/mol. The largest absolute Gasteiger partial charge is 0.322 e. The zero-order valence-corrected chi connectivity index (χ0v) is 10.3. The molecular formula is C14H16N2O2. The zero-order chi connectivity index (χ0) is 13.0. The lowest BCUT2D eigenvalue weighted by molar-refractivity contribution is -0.117. The van der Waals surface area contributed by atoms with Gasteiger partial charge in [0.1, 0.15) is 0 Å². The third-order valence-corrected chi connectivity index (χ3v) is 2.82. The molecule has 2 amide bonds. The number of carbonyl (C=O) groups is 2. The minimum Gasteiger partial charge on any atom is -0.322 e. The van der Waals surface area contributed by atoms with Gasteiger partial charge in [-0.15, -0.1) is 0 Å². The van der Waals surface area contributed by atoms with Gasteiger partial charge < -0.3 is 10.2 Å². The number of amides is 2. The van der Waals surface area contributed by atoms with E-state index in [2.05, 4.69) is 5.32 Å². The molecule has 1 N–H and O–H groups in total. The number of nitrogens with one attached hydrogen (secondary N) is 1. The van der Waals surface area contributed by atoms with E-state index in [0.717, 1.165) is 18.7 Å². The van der Waals surface area contributed by atoms with Gasteiger partial charge in [0, 0.05) is 24.3 Å². The molecule has 0 aromatic heterocycles. The summed E-state index contributed by atoms with van der Waals surface area (Å²) in [7, 11) is 0. The van der Waals surface area contributed by atoms with Gasteiger partial charge in [-0.25, -0.2) is 0 Å². The predicted octanol–water partition coefficient (Wildman–Crippen LogP) is 2.33. The molecule has 1 aromatic rings. The van der Waals surface area contributed by atoms with E-state index < -0.39 is 0 Å². The van der Waals surface area contributed by atoms with E-state index in [1.807, 2.05) is 24.3 Å². The second kappa shape index (κ2) is 5.49. The minimum absolute atomic E-state index is 0.145. The van der Waals surface area contributed by atoms with Crippen LogP contribution < -0.4 is 10.2 Å². The summed E-state index contributed by atoms with van der Waals surface area (Å²) in [5.74, 6) is -0.0191. The summed E-state index contributed by atoms with van der Waals surface area (Å²) < 4.78 is 0. The average Bonchev–Trinajstić information content (AvgIpc) is 2.76. The Labute approximate surface area is 106 Å². The first-order chi connectivity index (χ1) is 8.70. The van der Waals surface area contributed by atoms with E-state index in [-0.39, 0.29) is 11.8 Å². The number of hydrogen-bond acceptors (Lipinski definition) is 2. The van der Waals surface area contributed by atoms with E-state index in [4.69, 9.17) is 0 Å². The van der Waals surface area contributed by atoms with Gasteiger partial charge in [0.05, 0.1) is 0 Å². The van der Waals surface area contributed by atoms with Crippen LogP contribution in [0.1, 0.15) is 19.8 Å². The number of benzene rings is 1. The summed E-state index contributed by atoms with van der Waals surface area (Å²) in [6.07, 6.45) is 4.65. The molecule has 1 aliphatic heterocycles. The van der Waals surface area contributed by atoms with Gasteiger partial charge in [0.25, 0.3) is 0 Å². The van der Waals surface area contributed by atoms with Gasteiger partial charge in [-0.1, -0.05) is 12.1 Å². The van der Waals surface area contributed by atoms with Gasteiger partial charge in [0.15, 0.2) is 0 Å². The number of nitrogens with zero attached hydrogens (tertiary/aromatic N) is 1. The van der Waals surface area contributed by atoms with E-state index in [1.54, 1.807) is 17.9 Å². The Hall–Kier alpha value is -2.10. The molecule has 0 saturated carbocycles. The second-order valence-electron chi connectivity index (χ2n) is 4.19. The first kappa shape index (κ1) is 12.4. The number of anilines is 2. The Morgan fingerprint density at radius 3 is 2.94 bits per heavy atom. The number of rotatable bonds is 3. The van der Waals surface area contributed by atoms with Crippen LogP contribution in [0, 0.1) is 0 Å². The Bertz CT molecular complexity index is 494. The van der Waals surface area contributed by atoms with Crippen LogP contribution in [-0.2, 0) is 9.59 Å². The van der Waals surface area contributed by atoms with Gasteiger partial charge in [-0.2, -0.15) is 0 Å². The normalized spacial score (nSPS) is 15.4. The molecule has 0 unspecified atom stereocenters. The summed E-state index contributed by atoms with van der Waals surface area (Å²) in [6.45, 7) is 2.55. The molecule has 18 heavy (non-hydrogen) atoms. The van der Waals surface area contributed by atoms with Crippen LogP contribution in [0.3, 0.4) is 0 Å². The molecule has 0 bridgehead atoms. The van der Waals surface area contributed by atoms with Crippen LogP contribution in [-0.4, -0.2) is 18.4 Å². The standard InChI is InChI=1S/C14H16N2O2/c1-2-5-13(17)15-11-6-3-7-12(10-11)16-9-4-8-14(16)18/h2-3,5-7,10H,4,8-9H2,1H3,(H,15,17)/b5-2+. The van der Waals surface area contributed by atoms with Gasteiger partial charge in [-0.05, 0) is 37.6 Å². The molecule has 1 heterocycles. The Kier molecular flexibility index (Phi) is 3.77. The van der Waals surface area contributed by atoms with Crippen molar-refractivity contribution < 1.29 is 9.59 Å². The highest BCUT2D eigenvalue weighted by molar-refractivity contribution is 6.00. The van der Waals surface area contributed by atoms with Crippen LogP contribution in [0.2, 0.25) is 0 Å². The lowest BCUT2D eigenvalue weighted by Crippen LogP contribution is -2.23. The van der Waals surface area contributed by atoms with Crippen LogP contribution in [0.15, 0.2) is 36.4 Å². The lowest BCUT2D eigenvalue weighted by atomic mass is 10.2. The molecular weight excluding hydrogens is 228 g/mol. The SMILES string of the molecule is C/C=C/C(=O)Nc1cccc(N2CCCC2=O)c1. The minimum atomic E-state index is -0.164. The van der Waals surface area contributed by atoms with Crippen molar-refractivity contribution in [1.29, 1.82) is 0 Å². The Morgan fingerprint density at radius 1 is 1.44 bits per heavy atom. The summed E-state index contributed by atoms with van der Waals surface area (Å²) in [5.41, 5.74) is 1.55. The molecule has 0 aliphatic carbocycles. The van der Waals surface area contributed by atoms with Gasteiger partial charge >= 0.3 is 0 Å². The maximum Gasteiger partial charge on any atom is 0.248 e. The van der Waals surface area contributed by atoms with Crippen molar-refractivity contribution >= 4 is 23.2 Å². The Balaban J connectivity index is 2.14. The van der Waals surface area contributed by atoms with E-state index in [0.29, 0.717) is 12.1 Å². The number of allylic oxidation sites excluding steroid dienone is 1. The third kappa shape index (κ3) is 2.77. The summed E-state index contributed by atoms with van der Waals surface area (Å²) in [4.78, 5) is 24.8. The molecule has 1 aromatic carbocycles. The van der Waals surface area contributed by atoms with Crippen LogP contribution >= 0.6 is 0 Å². The fourth-order valence-corrected chi connectivity index (χ4v) is 2.01. The summed E-state index contributed by atoms with van der Waals surface area (Å²) >= 11 is 0. The highest BCUT2D eigenvalue weighted by Gasteiger charge is 2.21. The van der Waals surface area contributed by atoms with Crippen molar-refractivity contribution in [2.75, 3.05) is 16.8 Å². The fourth-order valence-electron chi connectivity index (χ4n) is 2.01. The molecule has 1 saturated heterocycles. The van der Waals surface area contributed by atoms with Crippen molar-refractivity contribution in [3.05, 3.63) is 36.4 Å². The van der Waals surface area contributed by atoms with Crippen LogP contribution in [0.5, 0.6) is 0 Å². The first-order valence-electron chi connectivity index (χ1n) is 6.05. The van der Waals surface area contributed by atoms with Crippen molar-refractivity contribution in [2.24, 2.45) is 0 Å². The van der Waals surface area contributed by atoms with Crippen LogP contribution in [0.4, 0.5) is 11.4 Å². The maximum atomic E-state index is 11.6. The molecule has 1 fully saturated rings. The summed E-state index contributed by atoms with van der Waals surface area (Å²) in [5, 5.41) is 2.76. The highest BCUT2D eigenvalue weighted by atomic mass is 16.2. The van der Waals surface area contributed by atoms with E-state index in [9.17, 15) is 9.59 Å². The number of carbonyl (C=O) groups excluding carboxylic acids is 2. The topological polar surface area (TPSA) is 49.4 Å². The van der Waals surface area contributed by atoms with Crippen molar-refractivity contribution in [3.8, 4) is 0 Å². The third-order valence-electron chi connectivity index (χ3n) is 2.82. The van der Waals surface area contributed by atoms with E-state index in [1.165, 1.54) is 6.08 Å². The fraction of sp³-hybridized carbons (Fsp3) is 0.286. The van der Waals surface area contributed by atoms with Crippen molar-refractivity contribution in [1.82, 2.24) is 0 Å². The molecule has 1 aliphatic rings. The number of hydrogen-bond donors (Lipinski definition) is 1. The van der Waals surface area contributed by atoms with Crippen molar-refractivity contribution in [3.63, 3.8) is 0 Å². The van der Waals surface area contributed by atoms with Crippen LogP contribution in [0.25, 0.3) is 0 Å². The smallest absolute Gasteiger partial charge is 0.248 e.